The maximum atomic E-state index is 12.0. The Hall–Kier alpha value is -1.36. The number of nitrogens with zero attached hydrogens (tertiary/aromatic N) is 1. The van der Waals surface area contributed by atoms with Crippen LogP contribution in [-0.4, -0.2) is 23.9 Å². The standard InChI is InChI=1S/C16H19ClN2OS/c1-2-19(11-15-4-3-9-21-15)12-16(20)18-10-13-5-7-14(17)8-6-13/h3-9H,2,10-12H2,1H3,(H,18,20). The van der Waals surface area contributed by atoms with Crippen LogP contribution in [-0.2, 0) is 17.9 Å². The van der Waals surface area contributed by atoms with Gasteiger partial charge in [-0.25, -0.2) is 0 Å². The third kappa shape index (κ3) is 5.50. The number of nitrogens with one attached hydrogen (secondary N) is 1. The topological polar surface area (TPSA) is 32.3 Å². The first-order chi connectivity index (χ1) is 10.2. The zero-order valence-corrected chi connectivity index (χ0v) is 13.6. The molecule has 0 aliphatic rings. The van der Waals surface area contributed by atoms with Crippen LogP contribution in [0.15, 0.2) is 41.8 Å². The van der Waals surface area contributed by atoms with E-state index in [1.54, 1.807) is 11.3 Å². The average molecular weight is 323 g/mol. The second-order valence-electron chi connectivity index (χ2n) is 4.79. The molecule has 0 fully saturated rings. The van der Waals surface area contributed by atoms with Crippen molar-refractivity contribution in [1.29, 1.82) is 0 Å². The minimum atomic E-state index is 0.0448. The third-order valence-electron chi connectivity index (χ3n) is 3.18. The average Bonchev–Trinajstić information content (AvgIpc) is 2.99. The predicted molar refractivity (Wildman–Crippen MR) is 88.6 cm³/mol. The van der Waals surface area contributed by atoms with Crippen molar-refractivity contribution < 1.29 is 4.79 Å². The van der Waals surface area contributed by atoms with E-state index in [4.69, 9.17) is 11.6 Å². The summed E-state index contributed by atoms with van der Waals surface area (Å²) in [5, 5.41) is 5.71. The van der Waals surface area contributed by atoms with Gasteiger partial charge in [0, 0.05) is 23.0 Å². The Morgan fingerprint density at radius 1 is 1.29 bits per heavy atom. The van der Waals surface area contributed by atoms with Crippen LogP contribution in [0.3, 0.4) is 0 Å². The molecule has 0 radical (unpaired) electrons. The summed E-state index contributed by atoms with van der Waals surface area (Å²) < 4.78 is 0. The first-order valence-corrected chi connectivity index (χ1v) is 8.19. The van der Waals surface area contributed by atoms with Gasteiger partial charge >= 0.3 is 0 Å². The molecule has 1 amide bonds. The molecule has 112 valence electrons. The molecule has 0 spiro atoms. The van der Waals surface area contributed by atoms with E-state index in [0.717, 1.165) is 18.7 Å². The highest BCUT2D eigenvalue weighted by Gasteiger charge is 2.10. The van der Waals surface area contributed by atoms with Gasteiger partial charge in [-0.15, -0.1) is 11.3 Å². The molecule has 2 rings (SSSR count). The summed E-state index contributed by atoms with van der Waals surface area (Å²) in [7, 11) is 0. The second kappa shape index (κ2) is 8.17. The maximum absolute atomic E-state index is 12.0. The molecular weight excluding hydrogens is 304 g/mol. The molecule has 0 saturated carbocycles. The molecule has 0 unspecified atom stereocenters. The van der Waals surface area contributed by atoms with E-state index in [0.29, 0.717) is 18.1 Å². The van der Waals surface area contributed by atoms with E-state index in [1.165, 1.54) is 4.88 Å². The number of halogens is 1. The Morgan fingerprint density at radius 2 is 2.05 bits per heavy atom. The Balaban J connectivity index is 1.78. The molecule has 1 heterocycles. The summed E-state index contributed by atoms with van der Waals surface area (Å²) in [5.74, 6) is 0.0448. The fourth-order valence-electron chi connectivity index (χ4n) is 1.96. The van der Waals surface area contributed by atoms with Crippen LogP contribution in [0.5, 0.6) is 0 Å². The zero-order valence-electron chi connectivity index (χ0n) is 12.0. The molecule has 1 aromatic heterocycles. The van der Waals surface area contributed by atoms with E-state index in [2.05, 4.69) is 28.6 Å². The molecule has 0 atom stereocenters. The van der Waals surface area contributed by atoms with Gasteiger partial charge in [0.2, 0.25) is 5.91 Å². The second-order valence-corrected chi connectivity index (χ2v) is 6.25. The Kier molecular flexibility index (Phi) is 6.23. The SMILES string of the molecule is CCN(CC(=O)NCc1ccc(Cl)cc1)Cc1cccs1. The van der Waals surface area contributed by atoms with Gasteiger partial charge in [-0.1, -0.05) is 36.7 Å². The Labute approximate surface area is 134 Å². The monoisotopic (exact) mass is 322 g/mol. The first kappa shape index (κ1) is 16.0. The van der Waals surface area contributed by atoms with E-state index in [9.17, 15) is 4.79 Å². The predicted octanol–water partition coefficient (Wildman–Crippen LogP) is 3.54. The lowest BCUT2D eigenvalue weighted by atomic mass is 10.2. The normalized spacial score (nSPS) is 10.8. The number of benzene rings is 1. The van der Waals surface area contributed by atoms with Crippen LogP contribution in [0.2, 0.25) is 5.02 Å². The van der Waals surface area contributed by atoms with Gasteiger partial charge in [0.05, 0.1) is 6.54 Å². The molecule has 0 saturated heterocycles. The van der Waals surface area contributed by atoms with E-state index >= 15 is 0 Å². The zero-order chi connectivity index (χ0) is 15.1. The van der Waals surface area contributed by atoms with Crippen molar-refractivity contribution in [3.63, 3.8) is 0 Å². The quantitative estimate of drug-likeness (QED) is 0.845. The number of hydrogen-bond donors (Lipinski definition) is 1. The van der Waals surface area contributed by atoms with Crippen molar-refractivity contribution in [3.8, 4) is 0 Å². The Bertz CT molecular complexity index is 554. The van der Waals surface area contributed by atoms with Gasteiger partial charge < -0.3 is 5.32 Å². The number of likely N-dealkylation sites (N-methyl/N-ethyl adjacent to an activating group) is 1. The van der Waals surface area contributed by atoms with Crippen molar-refractivity contribution >= 4 is 28.8 Å². The van der Waals surface area contributed by atoms with Crippen LogP contribution in [0, 0.1) is 0 Å². The highest BCUT2D eigenvalue weighted by Crippen LogP contribution is 2.11. The molecule has 0 aliphatic heterocycles. The summed E-state index contributed by atoms with van der Waals surface area (Å²) in [6.45, 7) is 4.70. The van der Waals surface area contributed by atoms with Gasteiger partial charge in [0.25, 0.3) is 0 Å². The minimum Gasteiger partial charge on any atom is -0.351 e. The highest BCUT2D eigenvalue weighted by molar-refractivity contribution is 7.09. The number of carbonyl (C=O) groups excluding carboxylic acids is 1. The minimum absolute atomic E-state index is 0.0448. The fraction of sp³-hybridized carbons (Fsp3) is 0.312. The van der Waals surface area contributed by atoms with Gasteiger partial charge in [-0.05, 0) is 35.7 Å². The van der Waals surface area contributed by atoms with Crippen LogP contribution in [0.1, 0.15) is 17.4 Å². The molecule has 0 aliphatic carbocycles. The van der Waals surface area contributed by atoms with Gasteiger partial charge in [-0.2, -0.15) is 0 Å². The summed E-state index contributed by atoms with van der Waals surface area (Å²) in [6, 6.07) is 11.6. The molecule has 2 aromatic rings. The molecule has 1 aromatic carbocycles. The number of carbonyl (C=O) groups is 1. The lowest BCUT2D eigenvalue weighted by Gasteiger charge is -2.19. The van der Waals surface area contributed by atoms with Crippen LogP contribution in [0.4, 0.5) is 0 Å². The van der Waals surface area contributed by atoms with Crippen molar-refractivity contribution in [2.45, 2.75) is 20.0 Å². The van der Waals surface area contributed by atoms with Crippen molar-refractivity contribution in [1.82, 2.24) is 10.2 Å². The molecular formula is C16H19ClN2OS. The van der Waals surface area contributed by atoms with E-state index in [1.807, 2.05) is 30.3 Å². The van der Waals surface area contributed by atoms with Crippen molar-refractivity contribution in [2.75, 3.05) is 13.1 Å². The summed E-state index contributed by atoms with van der Waals surface area (Å²) in [4.78, 5) is 15.4. The van der Waals surface area contributed by atoms with Gasteiger partial charge in [0.15, 0.2) is 0 Å². The van der Waals surface area contributed by atoms with Crippen LogP contribution >= 0.6 is 22.9 Å². The molecule has 0 bridgehead atoms. The van der Waals surface area contributed by atoms with Gasteiger partial charge in [0.1, 0.15) is 0 Å². The first-order valence-electron chi connectivity index (χ1n) is 6.93. The van der Waals surface area contributed by atoms with Crippen molar-refractivity contribution in [2.24, 2.45) is 0 Å². The summed E-state index contributed by atoms with van der Waals surface area (Å²) in [6.07, 6.45) is 0. The van der Waals surface area contributed by atoms with Crippen LogP contribution < -0.4 is 5.32 Å². The number of amides is 1. The largest absolute Gasteiger partial charge is 0.351 e. The number of thiophene rings is 1. The fourth-order valence-corrected chi connectivity index (χ4v) is 2.84. The smallest absolute Gasteiger partial charge is 0.234 e. The maximum Gasteiger partial charge on any atom is 0.234 e. The summed E-state index contributed by atoms with van der Waals surface area (Å²) >= 11 is 7.56. The van der Waals surface area contributed by atoms with E-state index in [-0.39, 0.29) is 5.91 Å². The Morgan fingerprint density at radius 3 is 2.67 bits per heavy atom. The molecule has 21 heavy (non-hydrogen) atoms. The van der Waals surface area contributed by atoms with Gasteiger partial charge in [-0.3, -0.25) is 9.69 Å². The van der Waals surface area contributed by atoms with Crippen LogP contribution in [0.25, 0.3) is 0 Å². The summed E-state index contributed by atoms with van der Waals surface area (Å²) in [5.41, 5.74) is 1.05. The highest BCUT2D eigenvalue weighted by atomic mass is 35.5. The number of rotatable bonds is 7. The molecule has 5 heteroatoms. The lowest BCUT2D eigenvalue weighted by molar-refractivity contribution is -0.122. The van der Waals surface area contributed by atoms with Crippen molar-refractivity contribution in [3.05, 3.63) is 57.2 Å². The van der Waals surface area contributed by atoms with E-state index < -0.39 is 0 Å². The molecule has 1 N–H and O–H groups in total. The third-order valence-corrected chi connectivity index (χ3v) is 4.29. The number of hydrogen-bond acceptors (Lipinski definition) is 3. The molecule has 3 nitrogen and oxygen atoms in total. The lowest BCUT2D eigenvalue weighted by Crippen LogP contribution is -2.36.